The van der Waals surface area contributed by atoms with Gasteiger partial charge in [0.25, 0.3) is 0 Å². The fourth-order valence-electron chi connectivity index (χ4n) is 2.15. The van der Waals surface area contributed by atoms with E-state index in [0.29, 0.717) is 6.61 Å². The number of ether oxygens (including phenoxy) is 2. The lowest BCUT2D eigenvalue weighted by Gasteiger charge is -2.26. The van der Waals surface area contributed by atoms with Crippen LogP contribution < -0.4 is 14.8 Å². The van der Waals surface area contributed by atoms with Crippen LogP contribution in [0.5, 0.6) is 11.5 Å². The van der Waals surface area contributed by atoms with E-state index in [1.165, 1.54) is 18.4 Å². The van der Waals surface area contributed by atoms with Crippen LogP contribution in [0.2, 0.25) is 0 Å². The molecule has 0 bridgehead atoms. The smallest absolute Gasteiger partial charge is 0.161 e. The van der Waals surface area contributed by atoms with Crippen molar-refractivity contribution in [2.45, 2.75) is 52.6 Å². The minimum absolute atomic E-state index is 0.167. The van der Waals surface area contributed by atoms with Crippen LogP contribution in [0.4, 0.5) is 0 Å². The Morgan fingerprint density at radius 2 is 1.89 bits per heavy atom. The molecule has 0 aliphatic heterocycles. The van der Waals surface area contributed by atoms with E-state index < -0.39 is 0 Å². The van der Waals surface area contributed by atoms with Gasteiger partial charge in [0.05, 0.1) is 13.7 Å². The highest BCUT2D eigenvalue weighted by Gasteiger charge is 2.15. The molecule has 0 unspecified atom stereocenters. The van der Waals surface area contributed by atoms with Crippen molar-refractivity contribution in [3.05, 3.63) is 23.8 Å². The van der Waals surface area contributed by atoms with Crippen molar-refractivity contribution < 1.29 is 9.47 Å². The minimum Gasteiger partial charge on any atom is -0.493 e. The van der Waals surface area contributed by atoms with Crippen LogP contribution in [0.15, 0.2) is 18.2 Å². The zero-order chi connectivity index (χ0) is 14.3. The van der Waals surface area contributed by atoms with E-state index in [0.717, 1.165) is 18.0 Å². The number of benzene rings is 1. The summed E-state index contributed by atoms with van der Waals surface area (Å²) in [5.74, 6) is 1.61. The molecule has 1 N–H and O–H groups in total. The van der Waals surface area contributed by atoms with Gasteiger partial charge in [-0.2, -0.15) is 0 Å². The first-order chi connectivity index (χ1) is 9.02. The maximum atomic E-state index is 5.60. The van der Waals surface area contributed by atoms with Crippen LogP contribution in [-0.2, 0) is 6.54 Å². The Hall–Kier alpha value is -1.22. The predicted octanol–water partition coefficient (Wildman–Crippen LogP) is 3.76. The van der Waals surface area contributed by atoms with E-state index in [1.54, 1.807) is 7.11 Å². The molecule has 0 aliphatic rings. The average Bonchev–Trinajstić information content (AvgIpc) is 2.37. The van der Waals surface area contributed by atoms with E-state index in [4.69, 9.17) is 9.47 Å². The van der Waals surface area contributed by atoms with Gasteiger partial charge in [-0.3, -0.25) is 0 Å². The van der Waals surface area contributed by atoms with Gasteiger partial charge in [-0.15, -0.1) is 0 Å². The zero-order valence-electron chi connectivity index (χ0n) is 12.9. The van der Waals surface area contributed by atoms with Crippen molar-refractivity contribution in [2.75, 3.05) is 13.7 Å². The van der Waals surface area contributed by atoms with Gasteiger partial charge < -0.3 is 14.8 Å². The van der Waals surface area contributed by atoms with Crippen molar-refractivity contribution in [3.8, 4) is 11.5 Å². The molecule has 0 fully saturated rings. The van der Waals surface area contributed by atoms with Gasteiger partial charge in [-0.25, -0.2) is 0 Å². The second-order valence-electron chi connectivity index (χ2n) is 5.41. The predicted molar refractivity (Wildman–Crippen MR) is 80.0 cm³/mol. The lowest BCUT2D eigenvalue weighted by atomic mass is 9.98. The van der Waals surface area contributed by atoms with Crippen LogP contribution in [0.3, 0.4) is 0 Å². The van der Waals surface area contributed by atoms with Gasteiger partial charge >= 0.3 is 0 Å². The van der Waals surface area contributed by atoms with Gasteiger partial charge in [-0.1, -0.05) is 19.4 Å². The van der Waals surface area contributed by atoms with Gasteiger partial charge in [0.1, 0.15) is 0 Å². The van der Waals surface area contributed by atoms with Crippen LogP contribution in [0, 0.1) is 0 Å². The molecule has 1 aromatic carbocycles. The third-order valence-electron chi connectivity index (χ3n) is 3.17. The Balaban J connectivity index is 2.71. The molecule has 0 amide bonds. The fraction of sp³-hybridized carbons (Fsp3) is 0.625. The number of hydrogen-bond donors (Lipinski definition) is 1. The molecule has 0 heterocycles. The van der Waals surface area contributed by atoms with Gasteiger partial charge in [0.15, 0.2) is 11.5 Å². The molecule has 19 heavy (non-hydrogen) atoms. The zero-order valence-corrected chi connectivity index (χ0v) is 12.9. The summed E-state index contributed by atoms with van der Waals surface area (Å²) in [6.45, 7) is 10.2. The first-order valence-corrected chi connectivity index (χ1v) is 7.07. The molecule has 0 atom stereocenters. The Morgan fingerprint density at radius 1 is 1.16 bits per heavy atom. The molecule has 0 aromatic heterocycles. The summed E-state index contributed by atoms with van der Waals surface area (Å²) in [5, 5.41) is 3.59. The van der Waals surface area contributed by atoms with E-state index in [2.05, 4.69) is 38.2 Å². The van der Waals surface area contributed by atoms with Gasteiger partial charge in [0.2, 0.25) is 0 Å². The largest absolute Gasteiger partial charge is 0.493 e. The standard InChI is InChI=1S/C16H27NO2/c1-6-10-16(3,4)17-12-13-8-9-14(18-5)15(11-13)19-7-2/h8-9,11,17H,6-7,10,12H2,1-5H3. The van der Waals surface area contributed by atoms with E-state index in [1.807, 2.05) is 13.0 Å². The Kier molecular flexibility index (Phi) is 6.16. The summed E-state index contributed by atoms with van der Waals surface area (Å²) in [6, 6.07) is 6.10. The molecule has 0 spiro atoms. The third kappa shape index (κ3) is 5.11. The summed E-state index contributed by atoms with van der Waals surface area (Å²) in [7, 11) is 1.67. The molecular formula is C16H27NO2. The monoisotopic (exact) mass is 265 g/mol. The molecule has 3 nitrogen and oxygen atoms in total. The van der Waals surface area contributed by atoms with Gasteiger partial charge in [0, 0.05) is 12.1 Å². The first-order valence-electron chi connectivity index (χ1n) is 7.07. The SMILES string of the molecule is CCCC(C)(C)NCc1ccc(OC)c(OCC)c1. The number of hydrogen-bond acceptors (Lipinski definition) is 3. The minimum atomic E-state index is 0.167. The lowest BCUT2D eigenvalue weighted by molar-refractivity contribution is 0.309. The molecular weight excluding hydrogens is 238 g/mol. The van der Waals surface area contributed by atoms with Crippen molar-refractivity contribution in [2.24, 2.45) is 0 Å². The Bertz CT molecular complexity index is 388. The number of rotatable bonds is 8. The molecule has 3 heteroatoms. The van der Waals surface area contributed by atoms with E-state index in [9.17, 15) is 0 Å². The summed E-state index contributed by atoms with van der Waals surface area (Å²) in [5.41, 5.74) is 1.38. The van der Waals surface area contributed by atoms with Crippen LogP contribution >= 0.6 is 0 Å². The highest BCUT2D eigenvalue weighted by Crippen LogP contribution is 2.28. The third-order valence-corrected chi connectivity index (χ3v) is 3.17. The van der Waals surface area contributed by atoms with Crippen LogP contribution in [-0.4, -0.2) is 19.3 Å². The summed E-state index contributed by atoms with van der Waals surface area (Å²) < 4.78 is 10.9. The normalized spacial score (nSPS) is 11.4. The van der Waals surface area contributed by atoms with E-state index >= 15 is 0 Å². The summed E-state index contributed by atoms with van der Waals surface area (Å²) in [4.78, 5) is 0. The highest BCUT2D eigenvalue weighted by atomic mass is 16.5. The van der Waals surface area contributed by atoms with Crippen molar-refractivity contribution in [1.29, 1.82) is 0 Å². The van der Waals surface area contributed by atoms with Crippen molar-refractivity contribution in [3.63, 3.8) is 0 Å². The number of methoxy groups -OCH3 is 1. The van der Waals surface area contributed by atoms with Crippen molar-refractivity contribution in [1.82, 2.24) is 5.32 Å². The molecule has 0 aliphatic carbocycles. The highest BCUT2D eigenvalue weighted by molar-refractivity contribution is 5.42. The summed E-state index contributed by atoms with van der Waals surface area (Å²) >= 11 is 0. The molecule has 0 radical (unpaired) electrons. The number of nitrogens with one attached hydrogen (secondary N) is 1. The molecule has 0 saturated carbocycles. The fourth-order valence-corrected chi connectivity index (χ4v) is 2.15. The maximum absolute atomic E-state index is 5.60. The average molecular weight is 265 g/mol. The maximum Gasteiger partial charge on any atom is 0.161 e. The van der Waals surface area contributed by atoms with Crippen molar-refractivity contribution >= 4 is 0 Å². The Labute approximate surface area is 117 Å². The van der Waals surface area contributed by atoms with Crippen LogP contribution in [0.1, 0.15) is 46.1 Å². The topological polar surface area (TPSA) is 30.5 Å². The first kappa shape index (κ1) is 15.8. The molecule has 1 rings (SSSR count). The summed E-state index contributed by atoms with van der Waals surface area (Å²) in [6.07, 6.45) is 2.36. The van der Waals surface area contributed by atoms with Gasteiger partial charge in [-0.05, 0) is 44.9 Å². The second-order valence-corrected chi connectivity index (χ2v) is 5.41. The molecule has 1 aromatic rings. The second kappa shape index (κ2) is 7.39. The van der Waals surface area contributed by atoms with E-state index in [-0.39, 0.29) is 5.54 Å². The molecule has 108 valence electrons. The van der Waals surface area contributed by atoms with Crippen LogP contribution in [0.25, 0.3) is 0 Å². The lowest BCUT2D eigenvalue weighted by Crippen LogP contribution is -2.38. The Morgan fingerprint density at radius 3 is 2.47 bits per heavy atom. The quantitative estimate of drug-likeness (QED) is 0.776. The molecule has 0 saturated heterocycles.